The lowest BCUT2D eigenvalue weighted by Crippen LogP contribution is -2.47. The molecule has 0 unspecified atom stereocenters. The number of nitriles is 1. The van der Waals surface area contributed by atoms with Crippen LogP contribution >= 0.6 is 0 Å². The number of esters is 1. The summed E-state index contributed by atoms with van der Waals surface area (Å²) >= 11 is 0. The summed E-state index contributed by atoms with van der Waals surface area (Å²) in [5, 5.41) is 10.0. The molecular formula is C33H41N3O3. The van der Waals surface area contributed by atoms with Crippen molar-refractivity contribution in [2.24, 2.45) is 5.41 Å². The van der Waals surface area contributed by atoms with Crippen LogP contribution in [0.1, 0.15) is 84.8 Å². The maximum Gasteiger partial charge on any atom is 0.314 e. The molecule has 0 atom stereocenters. The Morgan fingerprint density at radius 1 is 0.974 bits per heavy atom. The summed E-state index contributed by atoms with van der Waals surface area (Å²) < 4.78 is 5.81. The highest BCUT2D eigenvalue weighted by Crippen LogP contribution is 2.33. The zero-order valence-electron chi connectivity index (χ0n) is 24.2. The lowest BCUT2D eigenvalue weighted by atomic mass is 9.81. The molecule has 206 valence electrons. The van der Waals surface area contributed by atoms with Crippen LogP contribution in [0.25, 0.3) is 22.2 Å². The summed E-state index contributed by atoms with van der Waals surface area (Å²) in [6.07, 6.45) is 3.39. The monoisotopic (exact) mass is 527 g/mol. The van der Waals surface area contributed by atoms with Crippen molar-refractivity contribution in [2.75, 3.05) is 6.54 Å². The second kappa shape index (κ2) is 12.9. The summed E-state index contributed by atoms with van der Waals surface area (Å²) in [6.45, 7) is 12.4. The van der Waals surface area contributed by atoms with Crippen molar-refractivity contribution in [3.8, 4) is 17.3 Å². The van der Waals surface area contributed by atoms with Crippen molar-refractivity contribution in [2.45, 2.75) is 85.8 Å². The van der Waals surface area contributed by atoms with Gasteiger partial charge >= 0.3 is 5.97 Å². The molecule has 2 aromatic carbocycles. The van der Waals surface area contributed by atoms with Gasteiger partial charge in [-0.3, -0.25) is 9.59 Å². The van der Waals surface area contributed by atoms with Gasteiger partial charge in [-0.1, -0.05) is 51.5 Å². The molecule has 0 radical (unpaired) electrons. The van der Waals surface area contributed by atoms with Gasteiger partial charge in [0.1, 0.15) is 5.60 Å². The minimum Gasteiger partial charge on any atom is -0.459 e. The number of benzene rings is 2. The maximum atomic E-state index is 13.4. The van der Waals surface area contributed by atoms with Gasteiger partial charge in [-0.05, 0) is 75.9 Å². The first-order valence-corrected chi connectivity index (χ1v) is 14.0. The molecular weight excluding hydrogens is 486 g/mol. The molecule has 1 aromatic heterocycles. The van der Waals surface area contributed by atoms with Crippen LogP contribution < -0.4 is 0 Å². The van der Waals surface area contributed by atoms with Crippen LogP contribution in [0.2, 0.25) is 0 Å². The fourth-order valence-corrected chi connectivity index (χ4v) is 4.67. The number of hydrogen-bond donors (Lipinski definition) is 0. The predicted molar refractivity (Wildman–Crippen MR) is 156 cm³/mol. The quantitative estimate of drug-likeness (QED) is 0.242. The van der Waals surface area contributed by atoms with Crippen molar-refractivity contribution in [3.63, 3.8) is 0 Å². The van der Waals surface area contributed by atoms with E-state index in [-0.39, 0.29) is 11.9 Å². The van der Waals surface area contributed by atoms with Gasteiger partial charge in [0.2, 0.25) is 5.91 Å². The van der Waals surface area contributed by atoms with Crippen LogP contribution in [0.15, 0.2) is 54.6 Å². The predicted octanol–water partition coefficient (Wildman–Crippen LogP) is 7.44. The largest absolute Gasteiger partial charge is 0.459 e. The number of nitrogens with zero attached hydrogens (tertiary/aromatic N) is 3. The number of aromatic nitrogens is 1. The van der Waals surface area contributed by atoms with Crippen LogP contribution in [0, 0.1) is 16.7 Å². The second-order valence-electron chi connectivity index (χ2n) is 11.3. The molecule has 6 heteroatoms. The average Bonchev–Trinajstić information content (AvgIpc) is 2.92. The fourth-order valence-electron chi connectivity index (χ4n) is 4.67. The Morgan fingerprint density at radius 2 is 1.67 bits per heavy atom. The first kappa shape index (κ1) is 29.8. The molecule has 0 aliphatic heterocycles. The highest BCUT2D eigenvalue weighted by molar-refractivity contribution is 5.83. The maximum absolute atomic E-state index is 13.4. The van der Waals surface area contributed by atoms with E-state index in [1.54, 1.807) is 12.1 Å². The number of carbonyl (C=O) groups excluding carboxylic acids is 2. The van der Waals surface area contributed by atoms with E-state index >= 15 is 0 Å². The zero-order valence-corrected chi connectivity index (χ0v) is 24.2. The third-order valence-corrected chi connectivity index (χ3v) is 7.21. The fraction of sp³-hybridized carbons (Fsp3) is 0.455. The van der Waals surface area contributed by atoms with Gasteiger partial charge in [-0.15, -0.1) is 0 Å². The number of hydrogen-bond acceptors (Lipinski definition) is 5. The van der Waals surface area contributed by atoms with Gasteiger partial charge in [0, 0.05) is 30.5 Å². The summed E-state index contributed by atoms with van der Waals surface area (Å²) in [4.78, 5) is 33.4. The number of ether oxygens (including phenoxy) is 1. The van der Waals surface area contributed by atoms with Crippen LogP contribution in [0.4, 0.5) is 0 Å². The molecule has 0 spiro atoms. The van der Waals surface area contributed by atoms with Crippen molar-refractivity contribution in [1.29, 1.82) is 5.26 Å². The van der Waals surface area contributed by atoms with Gasteiger partial charge in [0.05, 0.1) is 28.3 Å². The van der Waals surface area contributed by atoms with Crippen LogP contribution in [0.3, 0.4) is 0 Å². The molecule has 3 rings (SSSR count). The summed E-state index contributed by atoms with van der Waals surface area (Å²) in [5.74, 6) is -0.188. The van der Waals surface area contributed by atoms with E-state index < -0.39 is 11.0 Å². The van der Waals surface area contributed by atoms with Crippen LogP contribution in [-0.2, 0) is 20.9 Å². The number of pyridine rings is 1. The molecule has 1 heterocycles. The van der Waals surface area contributed by atoms with Crippen molar-refractivity contribution >= 4 is 22.8 Å². The van der Waals surface area contributed by atoms with Crippen molar-refractivity contribution in [1.82, 2.24) is 9.88 Å². The van der Waals surface area contributed by atoms with Gasteiger partial charge in [-0.2, -0.15) is 5.26 Å². The van der Waals surface area contributed by atoms with E-state index in [9.17, 15) is 9.59 Å². The Morgan fingerprint density at radius 3 is 2.26 bits per heavy atom. The molecule has 0 saturated heterocycles. The lowest BCUT2D eigenvalue weighted by Gasteiger charge is -2.37. The van der Waals surface area contributed by atoms with Gasteiger partial charge < -0.3 is 9.64 Å². The third-order valence-electron chi connectivity index (χ3n) is 7.21. The minimum atomic E-state index is -0.760. The third kappa shape index (κ3) is 7.66. The van der Waals surface area contributed by atoms with Crippen molar-refractivity contribution in [3.05, 3.63) is 65.7 Å². The number of carbonyl (C=O) groups is 2. The average molecular weight is 528 g/mol. The molecule has 0 N–H and O–H groups in total. The molecule has 0 bridgehead atoms. The molecule has 3 aromatic rings. The summed E-state index contributed by atoms with van der Waals surface area (Å²) in [5.41, 5.74) is 2.90. The smallest absolute Gasteiger partial charge is 0.314 e. The molecule has 0 aliphatic carbocycles. The summed E-state index contributed by atoms with van der Waals surface area (Å²) in [7, 11) is 0. The van der Waals surface area contributed by atoms with E-state index in [1.165, 1.54) is 0 Å². The highest BCUT2D eigenvalue weighted by Gasteiger charge is 2.41. The first-order chi connectivity index (χ1) is 18.5. The number of rotatable bonds is 11. The minimum absolute atomic E-state index is 0.0565. The Hall–Kier alpha value is -3.72. The lowest BCUT2D eigenvalue weighted by molar-refractivity contribution is -0.170. The van der Waals surface area contributed by atoms with E-state index in [4.69, 9.17) is 15.0 Å². The Bertz CT molecular complexity index is 1330. The molecule has 39 heavy (non-hydrogen) atoms. The van der Waals surface area contributed by atoms with E-state index in [0.29, 0.717) is 37.9 Å². The molecule has 0 aliphatic rings. The molecule has 0 saturated carbocycles. The normalized spacial score (nSPS) is 11.7. The van der Waals surface area contributed by atoms with Crippen LogP contribution in [0.5, 0.6) is 0 Å². The Balaban J connectivity index is 1.89. The SMILES string of the molecule is CCCCC(=O)N(Cc1ccc2nc(-c3ccc(C#N)cc3)ccc2c1)CC(CC)(CC)C(=O)OC(C)(C)C. The van der Waals surface area contributed by atoms with Crippen LogP contribution in [-0.4, -0.2) is 33.9 Å². The van der Waals surface area contributed by atoms with Gasteiger partial charge in [-0.25, -0.2) is 4.98 Å². The van der Waals surface area contributed by atoms with E-state index in [0.717, 1.165) is 40.6 Å². The topological polar surface area (TPSA) is 83.3 Å². The van der Waals surface area contributed by atoms with E-state index in [2.05, 4.69) is 19.1 Å². The summed E-state index contributed by atoms with van der Waals surface area (Å²) in [6, 6.07) is 19.6. The second-order valence-corrected chi connectivity index (χ2v) is 11.3. The Labute approximate surface area is 233 Å². The van der Waals surface area contributed by atoms with Gasteiger partial charge in [0.25, 0.3) is 0 Å². The standard InChI is InChI=1S/C33H41N3O3/c1-7-10-11-30(37)36(23-33(8-2,9-3)31(38)39-32(4,5)6)22-25-14-18-29-27(20-25)17-19-28(35-29)26-15-12-24(21-34)13-16-26/h12-20H,7-11,22-23H2,1-6H3. The molecule has 0 fully saturated rings. The highest BCUT2D eigenvalue weighted by atomic mass is 16.6. The number of unbranched alkanes of at least 4 members (excludes halogenated alkanes) is 1. The Kier molecular flexibility index (Phi) is 9.86. The number of fused-ring (bicyclic) bond motifs is 1. The zero-order chi connectivity index (χ0) is 28.6. The van der Waals surface area contributed by atoms with E-state index in [1.807, 2.05) is 75.9 Å². The van der Waals surface area contributed by atoms with Crippen molar-refractivity contribution < 1.29 is 14.3 Å². The first-order valence-electron chi connectivity index (χ1n) is 14.0. The number of amides is 1. The molecule has 6 nitrogen and oxygen atoms in total. The van der Waals surface area contributed by atoms with Gasteiger partial charge in [0.15, 0.2) is 0 Å². The molecule has 1 amide bonds.